The molecule has 100 valence electrons. The van der Waals surface area contributed by atoms with Gasteiger partial charge >= 0.3 is 0 Å². The molecule has 2 aromatic carbocycles. The minimum Gasteiger partial charge on any atom is -0.398 e. The summed E-state index contributed by atoms with van der Waals surface area (Å²) in [6.07, 6.45) is 0. The highest BCUT2D eigenvalue weighted by Crippen LogP contribution is 2.30. The van der Waals surface area contributed by atoms with Gasteiger partial charge in [0.2, 0.25) is 0 Å². The van der Waals surface area contributed by atoms with Gasteiger partial charge in [-0.2, -0.15) is 0 Å². The monoisotopic (exact) mass is 280 g/mol. The molecule has 3 aromatic rings. The third-order valence-corrected chi connectivity index (χ3v) is 4.37. The Labute approximate surface area is 123 Å². The van der Waals surface area contributed by atoms with Gasteiger partial charge in [-0.25, -0.2) is 0 Å². The van der Waals surface area contributed by atoms with Crippen LogP contribution in [0.25, 0.3) is 10.9 Å². The van der Waals surface area contributed by atoms with E-state index < -0.39 is 0 Å². The lowest BCUT2D eigenvalue weighted by molar-refractivity contribution is 1.23. The van der Waals surface area contributed by atoms with E-state index in [1.165, 1.54) is 10.9 Å². The Balaban J connectivity index is 1.93. The Morgan fingerprint density at radius 1 is 1.05 bits per heavy atom. The number of hydrogen-bond acceptors (Lipinski definition) is 3. The number of thioether (sulfide) groups is 1. The summed E-state index contributed by atoms with van der Waals surface area (Å²) in [6.45, 7) is 2.04. The molecule has 20 heavy (non-hydrogen) atoms. The fourth-order valence-electron chi connectivity index (χ4n) is 2.28. The fourth-order valence-corrected chi connectivity index (χ4v) is 3.24. The Kier molecular flexibility index (Phi) is 3.61. The second-order valence-corrected chi connectivity index (χ2v) is 5.78. The highest BCUT2D eigenvalue weighted by molar-refractivity contribution is 7.98. The minimum absolute atomic E-state index is 0.840. The van der Waals surface area contributed by atoms with Crippen molar-refractivity contribution in [2.45, 2.75) is 17.6 Å². The molecule has 0 fully saturated rings. The lowest BCUT2D eigenvalue weighted by Crippen LogP contribution is -1.92. The van der Waals surface area contributed by atoms with Crippen LogP contribution in [0.3, 0.4) is 0 Å². The summed E-state index contributed by atoms with van der Waals surface area (Å²) in [5.41, 5.74) is 10.3. The molecular weight excluding hydrogens is 264 g/mol. The first-order chi connectivity index (χ1) is 9.74. The number of aromatic nitrogens is 1. The molecule has 0 radical (unpaired) electrons. The van der Waals surface area contributed by atoms with E-state index in [0.29, 0.717) is 0 Å². The number of fused-ring (bicyclic) bond motifs is 1. The molecule has 0 aliphatic carbocycles. The molecule has 0 bridgehead atoms. The maximum atomic E-state index is 5.99. The zero-order chi connectivity index (χ0) is 13.9. The number of hydrogen-bond donors (Lipinski definition) is 1. The van der Waals surface area contributed by atoms with Crippen LogP contribution >= 0.6 is 11.8 Å². The molecule has 0 aliphatic heterocycles. The van der Waals surface area contributed by atoms with Crippen molar-refractivity contribution in [3.05, 3.63) is 65.9 Å². The van der Waals surface area contributed by atoms with Gasteiger partial charge in [-0.15, -0.1) is 11.8 Å². The van der Waals surface area contributed by atoms with E-state index in [0.717, 1.165) is 27.5 Å². The molecule has 2 N–H and O–H groups in total. The molecule has 1 aromatic heterocycles. The van der Waals surface area contributed by atoms with Crippen molar-refractivity contribution in [1.82, 2.24) is 4.98 Å². The third kappa shape index (κ3) is 2.63. The van der Waals surface area contributed by atoms with E-state index >= 15 is 0 Å². The lowest BCUT2D eigenvalue weighted by atomic mass is 10.1. The summed E-state index contributed by atoms with van der Waals surface area (Å²) >= 11 is 1.77. The van der Waals surface area contributed by atoms with Gasteiger partial charge in [0.25, 0.3) is 0 Å². The molecule has 0 amide bonds. The van der Waals surface area contributed by atoms with Crippen LogP contribution in [0.4, 0.5) is 5.69 Å². The van der Waals surface area contributed by atoms with E-state index in [1.54, 1.807) is 11.8 Å². The predicted molar refractivity (Wildman–Crippen MR) is 86.9 cm³/mol. The van der Waals surface area contributed by atoms with Gasteiger partial charge in [-0.05, 0) is 36.8 Å². The Morgan fingerprint density at radius 3 is 2.65 bits per heavy atom. The SMILES string of the molecule is Cc1cc(CSc2ccccc2N)c2ccccc2n1. The van der Waals surface area contributed by atoms with Crippen molar-refractivity contribution < 1.29 is 0 Å². The normalized spacial score (nSPS) is 10.8. The number of nitrogen functional groups attached to an aromatic ring is 1. The molecule has 0 unspecified atom stereocenters. The Bertz CT molecular complexity index is 753. The van der Waals surface area contributed by atoms with Crippen molar-refractivity contribution in [3.63, 3.8) is 0 Å². The van der Waals surface area contributed by atoms with Crippen molar-refractivity contribution >= 4 is 28.4 Å². The average molecular weight is 280 g/mol. The molecule has 3 rings (SSSR count). The first-order valence-corrected chi connectivity index (χ1v) is 7.55. The van der Waals surface area contributed by atoms with Crippen molar-refractivity contribution in [3.8, 4) is 0 Å². The quantitative estimate of drug-likeness (QED) is 0.570. The third-order valence-electron chi connectivity index (χ3n) is 3.23. The van der Waals surface area contributed by atoms with Gasteiger partial charge in [0, 0.05) is 27.4 Å². The van der Waals surface area contributed by atoms with Crippen molar-refractivity contribution in [1.29, 1.82) is 0 Å². The first-order valence-electron chi connectivity index (χ1n) is 6.56. The van der Waals surface area contributed by atoms with E-state index in [-0.39, 0.29) is 0 Å². The first kappa shape index (κ1) is 13.0. The summed E-state index contributed by atoms with van der Waals surface area (Å²) < 4.78 is 0. The maximum absolute atomic E-state index is 5.99. The number of benzene rings is 2. The van der Waals surface area contributed by atoms with E-state index in [1.807, 2.05) is 31.2 Å². The second kappa shape index (κ2) is 5.55. The summed E-state index contributed by atoms with van der Waals surface area (Å²) in [6, 6.07) is 18.4. The van der Waals surface area contributed by atoms with Crippen LogP contribution in [-0.2, 0) is 5.75 Å². The summed E-state index contributed by atoms with van der Waals surface area (Å²) in [4.78, 5) is 5.71. The van der Waals surface area contributed by atoms with Gasteiger partial charge < -0.3 is 5.73 Å². The van der Waals surface area contributed by atoms with E-state index in [9.17, 15) is 0 Å². The molecule has 0 atom stereocenters. The molecule has 0 aliphatic rings. The Morgan fingerprint density at radius 2 is 1.80 bits per heavy atom. The minimum atomic E-state index is 0.840. The van der Waals surface area contributed by atoms with Gasteiger partial charge in [0.1, 0.15) is 0 Å². The zero-order valence-electron chi connectivity index (χ0n) is 11.3. The molecule has 0 saturated carbocycles. The highest BCUT2D eigenvalue weighted by Gasteiger charge is 2.05. The van der Waals surface area contributed by atoms with Gasteiger partial charge in [-0.3, -0.25) is 4.98 Å². The van der Waals surface area contributed by atoms with Crippen LogP contribution in [0.1, 0.15) is 11.3 Å². The smallest absolute Gasteiger partial charge is 0.0708 e. The van der Waals surface area contributed by atoms with Crippen molar-refractivity contribution in [2.75, 3.05) is 5.73 Å². The number of aryl methyl sites for hydroxylation is 1. The number of pyridine rings is 1. The molecule has 1 heterocycles. The van der Waals surface area contributed by atoms with Crippen LogP contribution in [0.15, 0.2) is 59.5 Å². The molecule has 0 spiro atoms. The van der Waals surface area contributed by atoms with E-state index in [2.05, 4.69) is 35.3 Å². The van der Waals surface area contributed by atoms with Crippen LogP contribution in [-0.4, -0.2) is 4.98 Å². The average Bonchev–Trinajstić information content (AvgIpc) is 2.46. The largest absolute Gasteiger partial charge is 0.398 e. The van der Waals surface area contributed by atoms with Crippen LogP contribution in [0.2, 0.25) is 0 Å². The summed E-state index contributed by atoms with van der Waals surface area (Å²) in [5.74, 6) is 0.901. The van der Waals surface area contributed by atoms with Gasteiger partial charge in [-0.1, -0.05) is 30.3 Å². The van der Waals surface area contributed by atoms with Crippen molar-refractivity contribution in [2.24, 2.45) is 0 Å². The van der Waals surface area contributed by atoms with Gasteiger partial charge in [0.05, 0.1) is 5.52 Å². The van der Waals surface area contributed by atoms with Gasteiger partial charge in [0.15, 0.2) is 0 Å². The maximum Gasteiger partial charge on any atom is 0.0708 e. The standard InChI is InChI=1S/C17H16N2S/c1-12-10-13(14-6-2-4-8-16(14)19-12)11-20-17-9-5-3-7-15(17)18/h2-10H,11,18H2,1H3. The fraction of sp³-hybridized carbons (Fsp3) is 0.118. The van der Waals surface area contributed by atoms with Crippen LogP contribution < -0.4 is 5.73 Å². The van der Waals surface area contributed by atoms with E-state index in [4.69, 9.17) is 5.73 Å². The number of anilines is 1. The molecular formula is C17H16N2S. The zero-order valence-corrected chi connectivity index (χ0v) is 12.2. The molecule has 0 saturated heterocycles. The number of para-hydroxylation sites is 2. The van der Waals surface area contributed by atoms with Crippen LogP contribution in [0.5, 0.6) is 0 Å². The number of nitrogens with two attached hydrogens (primary N) is 1. The topological polar surface area (TPSA) is 38.9 Å². The molecule has 2 nitrogen and oxygen atoms in total. The highest BCUT2D eigenvalue weighted by atomic mass is 32.2. The number of nitrogens with zero attached hydrogens (tertiary/aromatic N) is 1. The molecule has 3 heteroatoms. The lowest BCUT2D eigenvalue weighted by Gasteiger charge is -2.09. The second-order valence-electron chi connectivity index (χ2n) is 4.77. The van der Waals surface area contributed by atoms with Crippen LogP contribution in [0, 0.1) is 6.92 Å². The summed E-state index contributed by atoms with van der Waals surface area (Å²) in [5, 5.41) is 1.22. The Hall–Kier alpha value is -2.00. The predicted octanol–water partition coefficient (Wildman–Crippen LogP) is 4.42. The summed E-state index contributed by atoms with van der Waals surface area (Å²) in [7, 11) is 0. The number of rotatable bonds is 3.